The van der Waals surface area contributed by atoms with E-state index in [1.54, 1.807) is 0 Å². The number of rotatable bonds is 4. The number of alkyl halides is 1. The Labute approximate surface area is 134 Å². The molecule has 0 saturated carbocycles. The summed E-state index contributed by atoms with van der Waals surface area (Å²) < 4.78 is 9.16. The molecule has 0 aromatic carbocycles. The molecule has 0 radical (unpaired) electrons. The summed E-state index contributed by atoms with van der Waals surface area (Å²) >= 11 is 9.65. The second-order valence-corrected chi connectivity index (χ2v) is 7.09. The summed E-state index contributed by atoms with van der Waals surface area (Å²) in [5.41, 5.74) is 2.12. The summed E-state index contributed by atoms with van der Waals surface area (Å²) in [4.78, 5) is 2.41. The van der Waals surface area contributed by atoms with Gasteiger partial charge in [-0.05, 0) is 43.6 Å². The Bertz CT molecular complexity index is 475. The Balaban J connectivity index is 2.17. The summed E-state index contributed by atoms with van der Waals surface area (Å²) in [5.74, 6) is 0.535. The first-order valence-electron chi connectivity index (χ1n) is 7.04. The van der Waals surface area contributed by atoms with E-state index in [0.29, 0.717) is 5.88 Å². The first kappa shape index (κ1) is 16.3. The van der Waals surface area contributed by atoms with E-state index >= 15 is 0 Å². The van der Waals surface area contributed by atoms with Crippen molar-refractivity contribution in [2.45, 2.75) is 52.5 Å². The highest BCUT2D eigenvalue weighted by molar-refractivity contribution is 9.10. The molecule has 6 heteroatoms. The van der Waals surface area contributed by atoms with E-state index in [0.717, 1.165) is 36.3 Å². The minimum Gasteiger partial charge on any atom is -0.368 e. The summed E-state index contributed by atoms with van der Waals surface area (Å²) in [6.07, 6.45) is 0.0956. The smallest absolute Gasteiger partial charge is 0.0845 e. The van der Waals surface area contributed by atoms with Gasteiger partial charge in [0.05, 0.1) is 27.6 Å². The number of morpholine rings is 1. The van der Waals surface area contributed by atoms with Crippen molar-refractivity contribution in [3.63, 3.8) is 0 Å². The van der Waals surface area contributed by atoms with Gasteiger partial charge in [-0.1, -0.05) is 0 Å². The number of halogens is 2. The molecule has 0 amide bonds. The summed E-state index contributed by atoms with van der Waals surface area (Å²) in [5, 5.41) is 4.56. The molecular formula is C14H23BrClN3O. The molecule has 1 atom stereocenters. The van der Waals surface area contributed by atoms with Crippen LogP contribution in [0.3, 0.4) is 0 Å². The van der Waals surface area contributed by atoms with Crippen LogP contribution in [0.4, 0.5) is 0 Å². The Kier molecular flexibility index (Phi) is 5.16. The molecule has 1 aliphatic heterocycles. The first-order chi connectivity index (χ1) is 9.36. The average Bonchev–Trinajstić information content (AvgIpc) is 2.64. The van der Waals surface area contributed by atoms with Gasteiger partial charge in [-0.15, -0.1) is 11.6 Å². The number of aromatic nitrogens is 2. The normalized spacial score (nSPS) is 23.2. The largest absolute Gasteiger partial charge is 0.368 e. The number of hydrogen-bond donors (Lipinski definition) is 0. The van der Waals surface area contributed by atoms with Gasteiger partial charge in [-0.25, -0.2) is 0 Å². The predicted octanol–water partition coefficient (Wildman–Crippen LogP) is 3.19. The molecule has 0 spiro atoms. The van der Waals surface area contributed by atoms with Crippen LogP contribution in [0.5, 0.6) is 0 Å². The molecule has 1 aliphatic rings. The van der Waals surface area contributed by atoms with Crippen LogP contribution >= 0.6 is 27.5 Å². The fourth-order valence-corrected chi connectivity index (χ4v) is 3.42. The Morgan fingerprint density at radius 1 is 1.50 bits per heavy atom. The van der Waals surface area contributed by atoms with E-state index in [1.165, 1.54) is 5.69 Å². The van der Waals surface area contributed by atoms with Crippen LogP contribution in [0.1, 0.15) is 32.2 Å². The van der Waals surface area contributed by atoms with Gasteiger partial charge in [0.2, 0.25) is 0 Å². The zero-order chi connectivity index (χ0) is 14.9. The third-order valence-electron chi connectivity index (χ3n) is 3.55. The summed E-state index contributed by atoms with van der Waals surface area (Å²) in [6, 6.07) is 0. The van der Waals surface area contributed by atoms with E-state index in [9.17, 15) is 0 Å². The molecule has 1 aromatic rings. The fraction of sp³-hybridized carbons (Fsp3) is 0.786. The quantitative estimate of drug-likeness (QED) is 0.769. The van der Waals surface area contributed by atoms with Crippen molar-refractivity contribution in [2.24, 2.45) is 0 Å². The minimum absolute atomic E-state index is 0.0956. The average molecular weight is 365 g/mol. The summed E-state index contributed by atoms with van der Waals surface area (Å²) in [7, 11) is 0. The van der Waals surface area contributed by atoms with Crippen LogP contribution in [0.2, 0.25) is 0 Å². The molecule has 1 saturated heterocycles. The van der Waals surface area contributed by atoms with Gasteiger partial charge in [0.1, 0.15) is 0 Å². The van der Waals surface area contributed by atoms with Gasteiger partial charge in [0.15, 0.2) is 0 Å². The molecule has 4 nitrogen and oxygen atoms in total. The molecule has 0 aliphatic carbocycles. The third kappa shape index (κ3) is 3.56. The number of hydrogen-bond acceptors (Lipinski definition) is 3. The van der Waals surface area contributed by atoms with Crippen LogP contribution in [0.25, 0.3) is 0 Å². The molecule has 0 N–H and O–H groups in total. The fourth-order valence-electron chi connectivity index (χ4n) is 2.85. The van der Waals surface area contributed by atoms with Gasteiger partial charge in [0.25, 0.3) is 0 Å². The lowest BCUT2D eigenvalue weighted by Crippen LogP contribution is -2.53. The maximum absolute atomic E-state index is 5.99. The molecule has 1 unspecified atom stereocenters. The zero-order valence-corrected chi connectivity index (χ0v) is 15.0. The highest BCUT2D eigenvalue weighted by Gasteiger charge is 2.33. The zero-order valence-electron chi connectivity index (χ0n) is 12.6. The molecule has 2 heterocycles. The standard InChI is InChI=1S/C14H23BrClN3O/c1-5-19-12(13(15)10(2)17-19)8-18-7-11(6-16)20-14(3,4)9-18/h11H,5-9H2,1-4H3. The first-order valence-corrected chi connectivity index (χ1v) is 8.37. The van der Waals surface area contributed by atoms with Crippen LogP contribution in [0, 0.1) is 6.92 Å². The van der Waals surface area contributed by atoms with Crippen molar-refractivity contribution in [3.8, 4) is 0 Å². The molecular weight excluding hydrogens is 342 g/mol. The third-order valence-corrected chi connectivity index (χ3v) is 4.93. The van der Waals surface area contributed by atoms with E-state index in [1.807, 2.05) is 6.92 Å². The van der Waals surface area contributed by atoms with Gasteiger partial charge >= 0.3 is 0 Å². The maximum Gasteiger partial charge on any atom is 0.0845 e. The lowest BCUT2D eigenvalue weighted by Gasteiger charge is -2.42. The number of ether oxygens (including phenoxy) is 1. The molecule has 2 rings (SSSR count). The van der Waals surface area contributed by atoms with E-state index in [4.69, 9.17) is 16.3 Å². The van der Waals surface area contributed by atoms with Gasteiger partial charge in [-0.3, -0.25) is 9.58 Å². The highest BCUT2D eigenvalue weighted by atomic mass is 79.9. The number of aryl methyl sites for hydroxylation is 2. The maximum atomic E-state index is 5.99. The van der Waals surface area contributed by atoms with Crippen LogP contribution in [0.15, 0.2) is 4.47 Å². The minimum atomic E-state index is -0.156. The topological polar surface area (TPSA) is 30.3 Å². The predicted molar refractivity (Wildman–Crippen MR) is 85.3 cm³/mol. The van der Waals surface area contributed by atoms with Crippen LogP contribution < -0.4 is 0 Å². The summed E-state index contributed by atoms with van der Waals surface area (Å²) in [6.45, 7) is 11.9. The Morgan fingerprint density at radius 3 is 2.80 bits per heavy atom. The molecule has 20 heavy (non-hydrogen) atoms. The second-order valence-electron chi connectivity index (χ2n) is 5.99. The molecule has 1 aromatic heterocycles. The molecule has 114 valence electrons. The highest BCUT2D eigenvalue weighted by Crippen LogP contribution is 2.27. The Hall–Kier alpha value is -0.100. The van der Waals surface area contributed by atoms with Crippen LogP contribution in [-0.4, -0.2) is 45.4 Å². The van der Waals surface area contributed by atoms with Crippen molar-refractivity contribution in [1.29, 1.82) is 0 Å². The van der Waals surface area contributed by atoms with E-state index < -0.39 is 0 Å². The SMILES string of the molecule is CCn1nc(C)c(Br)c1CN1CC(CCl)OC(C)(C)C1. The van der Waals surface area contributed by atoms with Crippen molar-refractivity contribution in [1.82, 2.24) is 14.7 Å². The molecule has 0 bridgehead atoms. The lowest BCUT2D eigenvalue weighted by molar-refractivity contribution is -0.129. The molecule has 1 fully saturated rings. The Morgan fingerprint density at radius 2 is 2.20 bits per heavy atom. The second kappa shape index (κ2) is 6.34. The van der Waals surface area contributed by atoms with E-state index in [2.05, 4.69) is 51.4 Å². The van der Waals surface area contributed by atoms with Gasteiger partial charge in [-0.2, -0.15) is 5.10 Å². The van der Waals surface area contributed by atoms with Crippen molar-refractivity contribution in [3.05, 3.63) is 15.9 Å². The van der Waals surface area contributed by atoms with E-state index in [-0.39, 0.29) is 11.7 Å². The van der Waals surface area contributed by atoms with Crippen molar-refractivity contribution >= 4 is 27.5 Å². The number of nitrogens with zero attached hydrogens (tertiary/aromatic N) is 3. The van der Waals surface area contributed by atoms with Gasteiger partial charge < -0.3 is 4.74 Å². The van der Waals surface area contributed by atoms with Crippen LogP contribution in [-0.2, 0) is 17.8 Å². The monoisotopic (exact) mass is 363 g/mol. The lowest BCUT2D eigenvalue weighted by atomic mass is 10.1. The van der Waals surface area contributed by atoms with Crippen molar-refractivity contribution < 1.29 is 4.74 Å². The van der Waals surface area contributed by atoms with Crippen molar-refractivity contribution in [2.75, 3.05) is 19.0 Å². The van der Waals surface area contributed by atoms with Gasteiger partial charge in [0, 0.05) is 32.1 Å².